The molecule has 0 spiro atoms. The Morgan fingerprint density at radius 2 is 1.50 bits per heavy atom. The van der Waals surface area contributed by atoms with E-state index in [0.29, 0.717) is 13.0 Å². The number of hydrogen-bond acceptors (Lipinski definition) is 4. The Bertz CT molecular complexity index is 838. The highest BCUT2D eigenvalue weighted by molar-refractivity contribution is 5.76. The van der Waals surface area contributed by atoms with Gasteiger partial charge in [0.1, 0.15) is 13.2 Å². The molecule has 36 heavy (non-hydrogen) atoms. The Morgan fingerprint density at radius 3 is 2.00 bits per heavy atom. The van der Waals surface area contributed by atoms with Crippen molar-refractivity contribution in [1.29, 1.82) is 0 Å². The van der Waals surface area contributed by atoms with E-state index < -0.39 is 11.0 Å². The number of benzene rings is 1. The number of nitrogens with zero attached hydrogens (tertiary/aromatic N) is 1. The minimum atomic E-state index is -0.674. The van der Waals surface area contributed by atoms with Crippen LogP contribution in [-0.2, 0) is 20.8 Å². The molecule has 1 aromatic carbocycles. The number of hydrogen-bond donors (Lipinski definition) is 1. The van der Waals surface area contributed by atoms with Crippen LogP contribution in [0.2, 0.25) is 0 Å². The minimum Gasteiger partial charge on any atom is -0.463 e. The number of esters is 1. The number of nitrogens with two attached hydrogens (primary N) is 1. The fourth-order valence-electron chi connectivity index (χ4n) is 5.77. The summed E-state index contributed by atoms with van der Waals surface area (Å²) in [5, 5.41) is 0. The molecule has 0 aromatic heterocycles. The molecule has 0 radical (unpaired) electrons. The van der Waals surface area contributed by atoms with E-state index in [2.05, 4.69) is 59.0 Å². The van der Waals surface area contributed by atoms with Crippen molar-refractivity contribution in [3.8, 4) is 0 Å². The van der Waals surface area contributed by atoms with Crippen LogP contribution in [-0.4, -0.2) is 54.9 Å². The molecule has 0 amide bonds. The van der Waals surface area contributed by atoms with Crippen LogP contribution in [0, 0.1) is 10.8 Å². The summed E-state index contributed by atoms with van der Waals surface area (Å²) in [6.07, 6.45) is 4.03. The quantitative estimate of drug-likeness (QED) is 0.214. The second-order valence-electron chi connectivity index (χ2n) is 14.6. The van der Waals surface area contributed by atoms with Crippen molar-refractivity contribution in [2.24, 2.45) is 16.6 Å². The molecule has 5 heteroatoms. The third-order valence-electron chi connectivity index (χ3n) is 7.56. The molecule has 2 atom stereocenters. The van der Waals surface area contributed by atoms with Gasteiger partial charge in [0.2, 0.25) is 0 Å². The highest BCUT2D eigenvalue weighted by Crippen LogP contribution is 2.43. The summed E-state index contributed by atoms with van der Waals surface area (Å²) in [5.41, 5.74) is 8.25. The molecule has 0 saturated carbocycles. The first kappa shape index (κ1) is 30.8. The third kappa shape index (κ3) is 9.79. The summed E-state index contributed by atoms with van der Waals surface area (Å²) >= 11 is 0. The van der Waals surface area contributed by atoms with E-state index in [-0.39, 0.29) is 29.5 Å². The Labute approximate surface area is 221 Å². The average Bonchev–Trinajstić information content (AvgIpc) is 3.13. The number of rotatable bonds is 11. The van der Waals surface area contributed by atoms with E-state index in [9.17, 15) is 4.79 Å². The summed E-state index contributed by atoms with van der Waals surface area (Å²) < 4.78 is 12.4. The van der Waals surface area contributed by atoms with E-state index >= 15 is 0 Å². The molecule has 1 fully saturated rings. The Morgan fingerprint density at radius 1 is 0.944 bits per heavy atom. The molecular weight excluding hydrogens is 448 g/mol. The van der Waals surface area contributed by atoms with Crippen molar-refractivity contribution < 1.29 is 18.8 Å². The molecule has 1 aliphatic rings. The first-order valence-corrected chi connectivity index (χ1v) is 13.8. The van der Waals surface area contributed by atoms with Gasteiger partial charge in [-0.15, -0.1) is 0 Å². The maximum Gasteiger partial charge on any atom is 0.311 e. The highest BCUT2D eigenvalue weighted by atomic mass is 16.6. The molecule has 2 rings (SSSR count). The molecule has 1 aromatic rings. The van der Waals surface area contributed by atoms with Gasteiger partial charge in [-0.3, -0.25) is 4.79 Å². The van der Waals surface area contributed by atoms with Gasteiger partial charge in [0, 0.05) is 23.9 Å². The van der Waals surface area contributed by atoms with E-state index in [1.807, 2.05) is 34.6 Å². The van der Waals surface area contributed by atoms with Crippen molar-refractivity contribution >= 4 is 5.97 Å². The summed E-state index contributed by atoms with van der Waals surface area (Å²) in [4.78, 5) is 12.9. The smallest absolute Gasteiger partial charge is 0.311 e. The Balaban J connectivity index is 2.05. The third-order valence-corrected chi connectivity index (χ3v) is 7.56. The van der Waals surface area contributed by atoms with E-state index in [0.717, 1.165) is 17.4 Å². The van der Waals surface area contributed by atoms with Gasteiger partial charge < -0.3 is 19.7 Å². The molecule has 1 saturated heterocycles. The first-order valence-electron chi connectivity index (χ1n) is 13.8. The number of ether oxygens (including phenoxy) is 2. The van der Waals surface area contributed by atoms with Gasteiger partial charge in [-0.05, 0) is 71.3 Å². The lowest BCUT2D eigenvalue weighted by Crippen LogP contribution is -2.46. The minimum absolute atomic E-state index is 0.0462. The molecule has 206 valence electrons. The summed E-state index contributed by atoms with van der Waals surface area (Å²) in [7, 11) is 2.38. The maximum absolute atomic E-state index is 12.9. The van der Waals surface area contributed by atoms with Gasteiger partial charge in [-0.2, -0.15) is 0 Å². The Kier molecular flexibility index (Phi) is 9.86. The van der Waals surface area contributed by atoms with E-state index in [1.165, 1.54) is 37.1 Å². The molecule has 0 bridgehead atoms. The molecule has 1 aliphatic heterocycles. The fourth-order valence-corrected chi connectivity index (χ4v) is 5.77. The van der Waals surface area contributed by atoms with Gasteiger partial charge >= 0.3 is 5.97 Å². The van der Waals surface area contributed by atoms with Crippen LogP contribution in [0.1, 0.15) is 105 Å². The van der Waals surface area contributed by atoms with Crippen LogP contribution in [0.5, 0.6) is 0 Å². The number of carbonyl (C=O) groups excluding carboxylic acids is 1. The standard InChI is InChI=1S/C31H55N2O3/c1-28(2,3)26(25-15-13-24(14-16-25)22-33(10)17-11-12-18-33)21-31(9,32)23-30(7,8)27(34)35-19-20-36-29(4,5)6/h13-16,26H,11-12,17-23,32H2,1-10H3/q+1. The lowest BCUT2D eigenvalue weighted by atomic mass is 9.67. The maximum atomic E-state index is 12.9. The molecule has 2 unspecified atom stereocenters. The predicted molar refractivity (Wildman–Crippen MR) is 150 cm³/mol. The normalized spacial score (nSPS) is 19.1. The fraction of sp³-hybridized carbons (Fsp3) is 0.774. The molecule has 2 N–H and O–H groups in total. The van der Waals surface area contributed by atoms with Crippen molar-refractivity contribution in [3.05, 3.63) is 35.4 Å². The second-order valence-corrected chi connectivity index (χ2v) is 14.6. The molecule has 1 heterocycles. The van der Waals surface area contributed by atoms with Crippen LogP contribution >= 0.6 is 0 Å². The number of quaternary nitrogens is 1. The monoisotopic (exact) mass is 503 g/mol. The topological polar surface area (TPSA) is 61.6 Å². The van der Waals surface area contributed by atoms with Gasteiger partial charge in [0.25, 0.3) is 0 Å². The zero-order valence-electron chi connectivity index (χ0n) is 25.0. The zero-order valence-corrected chi connectivity index (χ0v) is 25.0. The predicted octanol–water partition coefficient (Wildman–Crippen LogP) is 6.44. The Hall–Kier alpha value is -1.43. The lowest BCUT2D eigenvalue weighted by Gasteiger charge is -2.40. The van der Waals surface area contributed by atoms with Crippen LogP contribution in [0.15, 0.2) is 24.3 Å². The summed E-state index contributed by atoms with van der Waals surface area (Å²) in [5.74, 6) is 0.0667. The van der Waals surface area contributed by atoms with E-state index in [1.54, 1.807) is 0 Å². The number of likely N-dealkylation sites (tertiary alicyclic amines) is 1. The summed E-state index contributed by atoms with van der Waals surface area (Å²) in [6, 6.07) is 9.23. The van der Waals surface area contributed by atoms with Crippen molar-refractivity contribution in [2.45, 2.75) is 112 Å². The van der Waals surface area contributed by atoms with Gasteiger partial charge in [-0.1, -0.05) is 45.0 Å². The van der Waals surface area contributed by atoms with Crippen LogP contribution in [0.4, 0.5) is 0 Å². The summed E-state index contributed by atoms with van der Waals surface area (Å²) in [6.45, 7) is 23.1. The van der Waals surface area contributed by atoms with E-state index in [4.69, 9.17) is 15.2 Å². The first-order chi connectivity index (χ1) is 16.3. The van der Waals surface area contributed by atoms with Crippen molar-refractivity contribution in [3.63, 3.8) is 0 Å². The van der Waals surface area contributed by atoms with Gasteiger partial charge in [0.05, 0.1) is 37.8 Å². The van der Waals surface area contributed by atoms with Crippen LogP contribution in [0.25, 0.3) is 0 Å². The van der Waals surface area contributed by atoms with Crippen LogP contribution in [0.3, 0.4) is 0 Å². The second kappa shape index (κ2) is 11.5. The van der Waals surface area contributed by atoms with Crippen molar-refractivity contribution in [2.75, 3.05) is 33.4 Å². The van der Waals surface area contributed by atoms with Crippen molar-refractivity contribution in [1.82, 2.24) is 0 Å². The van der Waals surface area contributed by atoms with Crippen LogP contribution < -0.4 is 5.73 Å². The lowest BCUT2D eigenvalue weighted by molar-refractivity contribution is -0.910. The molecular formula is C31H55N2O3+. The average molecular weight is 504 g/mol. The molecule has 0 aliphatic carbocycles. The van der Waals surface area contributed by atoms with Gasteiger partial charge in [0.15, 0.2) is 0 Å². The highest BCUT2D eigenvalue weighted by Gasteiger charge is 2.40. The SMILES string of the molecule is CC(N)(CC(c1ccc(C[N+]2(C)CCCC2)cc1)C(C)(C)C)CC(C)(C)C(=O)OCCOC(C)(C)C. The molecule has 5 nitrogen and oxygen atoms in total. The van der Waals surface area contributed by atoms with Gasteiger partial charge in [-0.25, -0.2) is 0 Å². The number of carbonyl (C=O) groups is 1. The largest absolute Gasteiger partial charge is 0.463 e. The zero-order chi connectivity index (χ0) is 27.4.